The number of rotatable bonds is 1. The lowest BCUT2D eigenvalue weighted by Gasteiger charge is -2.29. The van der Waals surface area contributed by atoms with E-state index in [0.717, 1.165) is 0 Å². The molecule has 1 saturated carbocycles. The van der Waals surface area contributed by atoms with Gasteiger partial charge in [0.1, 0.15) is 0 Å². The van der Waals surface area contributed by atoms with Crippen molar-refractivity contribution in [2.24, 2.45) is 5.84 Å². The van der Waals surface area contributed by atoms with Crippen molar-refractivity contribution in [3.8, 4) is 0 Å². The predicted octanol–water partition coefficient (Wildman–Crippen LogP) is 3.51. The number of nitrogens with one attached hydrogen (secondary N) is 1. The number of nitrogens with two attached hydrogens (primary N) is 1. The molecule has 15 heavy (non-hydrogen) atoms. The zero-order chi connectivity index (χ0) is 11.0. The molecule has 2 nitrogen and oxygen atoms in total. The van der Waals surface area contributed by atoms with Crippen molar-refractivity contribution in [1.82, 2.24) is 5.43 Å². The molecule has 0 amide bonds. The van der Waals surface area contributed by atoms with Crippen LogP contribution < -0.4 is 11.3 Å². The van der Waals surface area contributed by atoms with Crippen molar-refractivity contribution >= 4 is 0 Å². The van der Waals surface area contributed by atoms with E-state index < -0.39 is 0 Å². The van der Waals surface area contributed by atoms with Crippen molar-refractivity contribution in [2.45, 2.75) is 83.1 Å². The number of hydrogen-bond acceptors (Lipinski definition) is 2. The SMILES string of the molecule is CC1(NN)CCCCCCCCCCC1. The van der Waals surface area contributed by atoms with E-state index in [1.54, 1.807) is 0 Å². The topological polar surface area (TPSA) is 38.0 Å². The minimum Gasteiger partial charge on any atom is -0.271 e. The van der Waals surface area contributed by atoms with Gasteiger partial charge < -0.3 is 0 Å². The summed E-state index contributed by atoms with van der Waals surface area (Å²) in [6.45, 7) is 2.28. The van der Waals surface area contributed by atoms with E-state index in [1.165, 1.54) is 70.6 Å². The van der Waals surface area contributed by atoms with E-state index in [2.05, 4.69) is 12.3 Å². The van der Waals surface area contributed by atoms with E-state index in [0.29, 0.717) is 0 Å². The highest BCUT2D eigenvalue weighted by atomic mass is 15.3. The third-order valence-electron chi connectivity index (χ3n) is 3.81. The van der Waals surface area contributed by atoms with Gasteiger partial charge in [0.2, 0.25) is 0 Å². The second-order valence-electron chi connectivity index (χ2n) is 5.39. The van der Waals surface area contributed by atoms with Gasteiger partial charge in [0.15, 0.2) is 0 Å². The first-order chi connectivity index (χ1) is 7.27. The summed E-state index contributed by atoms with van der Waals surface area (Å²) in [7, 11) is 0. The maximum Gasteiger partial charge on any atom is 0.0293 e. The van der Waals surface area contributed by atoms with E-state index in [1.807, 2.05) is 0 Å². The summed E-state index contributed by atoms with van der Waals surface area (Å²) in [5.74, 6) is 5.67. The molecule has 0 spiro atoms. The first-order valence-electron chi connectivity index (χ1n) is 6.75. The lowest BCUT2D eigenvalue weighted by atomic mass is 9.88. The van der Waals surface area contributed by atoms with Crippen LogP contribution in [0, 0.1) is 0 Å². The maximum absolute atomic E-state index is 5.67. The number of hydrogen-bond donors (Lipinski definition) is 2. The Balaban J connectivity index is 2.32. The first kappa shape index (κ1) is 13.0. The molecule has 0 bridgehead atoms. The van der Waals surface area contributed by atoms with Crippen molar-refractivity contribution in [2.75, 3.05) is 0 Å². The smallest absolute Gasteiger partial charge is 0.0293 e. The Morgan fingerprint density at radius 2 is 1.07 bits per heavy atom. The monoisotopic (exact) mass is 212 g/mol. The lowest BCUT2D eigenvalue weighted by Crippen LogP contribution is -2.46. The average Bonchev–Trinajstić information content (AvgIpc) is 2.23. The van der Waals surface area contributed by atoms with Crippen LogP contribution >= 0.6 is 0 Å². The Kier molecular flexibility index (Phi) is 6.26. The fourth-order valence-electron chi connectivity index (χ4n) is 2.54. The number of hydrazine groups is 1. The van der Waals surface area contributed by atoms with Crippen LogP contribution in [0.15, 0.2) is 0 Å². The van der Waals surface area contributed by atoms with Crippen LogP contribution in [-0.4, -0.2) is 5.54 Å². The second kappa shape index (κ2) is 7.24. The molecule has 0 heterocycles. The fraction of sp³-hybridized carbons (Fsp3) is 1.00. The van der Waals surface area contributed by atoms with Crippen LogP contribution in [0.2, 0.25) is 0 Å². The standard InChI is InChI=1S/C13H28N2/c1-13(15-14)11-9-7-5-3-2-4-6-8-10-12-13/h15H,2-12,14H2,1H3. The maximum atomic E-state index is 5.67. The minimum atomic E-state index is 0.194. The molecule has 2 heteroatoms. The molecule has 0 unspecified atom stereocenters. The van der Waals surface area contributed by atoms with E-state index in [4.69, 9.17) is 5.84 Å². The molecule has 90 valence electrons. The zero-order valence-electron chi connectivity index (χ0n) is 10.4. The van der Waals surface area contributed by atoms with Crippen molar-refractivity contribution in [3.05, 3.63) is 0 Å². The third-order valence-corrected chi connectivity index (χ3v) is 3.81. The van der Waals surface area contributed by atoms with Crippen LogP contribution in [0.4, 0.5) is 0 Å². The predicted molar refractivity (Wildman–Crippen MR) is 66.5 cm³/mol. The molecule has 0 aromatic rings. The highest BCUT2D eigenvalue weighted by Gasteiger charge is 2.21. The van der Waals surface area contributed by atoms with Crippen LogP contribution in [0.25, 0.3) is 0 Å². The summed E-state index contributed by atoms with van der Waals surface area (Å²) in [6, 6.07) is 0. The molecule has 1 aliphatic carbocycles. The van der Waals surface area contributed by atoms with Crippen molar-refractivity contribution in [1.29, 1.82) is 0 Å². The third kappa shape index (κ3) is 5.53. The summed E-state index contributed by atoms with van der Waals surface area (Å²) >= 11 is 0. The molecule has 0 aromatic carbocycles. The molecule has 3 N–H and O–H groups in total. The van der Waals surface area contributed by atoms with Crippen LogP contribution in [0.5, 0.6) is 0 Å². The molecular weight excluding hydrogens is 184 g/mol. The lowest BCUT2D eigenvalue weighted by molar-refractivity contribution is 0.288. The van der Waals surface area contributed by atoms with Crippen LogP contribution in [-0.2, 0) is 0 Å². The molecule has 0 saturated heterocycles. The Morgan fingerprint density at radius 1 is 0.733 bits per heavy atom. The first-order valence-corrected chi connectivity index (χ1v) is 6.75. The largest absolute Gasteiger partial charge is 0.271 e. The van der Waals surface area contributed by atoms with Gasteiger partial charge in [0.05, 0.1) is 0 Å². The summed E-state index contributed by atoms with van der Waals surface area (Å²) in [5, 5.41) is 0. The van der Waals surface area contributed by atoms with Gasteiger partial charge in [-0.15, -0.1) is 0 Å². The van der Waals surface area contributed by atoms with Gasteiger partial charge in [-0.1, -0.05) is 57.8 Å². The molecular formula is C13H28N2. The Labute approximate surface area is 95.0 Å². The Morgan fingerprint density at radius 3 is 1.40 bits per heavy atom. The van der Waals surface area contributed by atoms with Gasteiger partial charge >= 0.3 is 0 Å². The molecule has 0 atom stereocenters. The highest BCUT2D eigenvalue weighted by molar-refractivity contribution is 4.80. The van der Waals surface area contributed by atoms with Crippen molar-refractivity contribution in [3.63, 3.8) is 0 Å². The minimum absolute atomic E-state index is 0.194. The van der Waals surface area contributed by atoms with E-state index in [-0.39, 0.29) is 5.54 Å². The molecule has 0 radical (unpaired) electrons. The molecule has 1 rings (SSSR count). The quantitative estimate of drug-likeness (QED) is 0.515. The van der Waals surface area contributed by atoms with E-state index >= 15 is 0 Å². The second-order valence-corrected chi connectivity index (χ2v) is 5.39. The van der Waals surface area contributed by atoms with Gasteiger partial charge in [0, 0.05) is 5.54 Å². The Bertz CT molecular complexity index is 145. The van der Waals surface area contributed by atoms with Gasteiger partial charge in [-0.3, -0.25) is 11.3 Å². The summed E-state index contributed by atoms with van der Waals surface area (Å²) < 4.78 is 0. The molecule has 0 aliphatic heterocycles. The summed E-state index contributed by atoms with van der Waals surface area (Å²) in [4.78, 5) is 0. The van der Waals surface area contributed by atoms with Gasteiger partial charge in [-0.2, -0.15) is 0 Å². The van der Waals surface area contributed by atoms with E-state index in [9.17, 15) is 0 Å². The molecule has 1 aliphatic rings. The van der Waals surface area contributed by atoms with Crippen LogP contribution in [0.1, 0.15) is 77.6 Å². The molecule has 0 aromatic heterocycles. The highest BCUT2D eigenvalue weighted by Crippen LogP contribution is 2.23. The zero-order valence-corrected chi connectivity index (χ0v) is 10.4. The molecule has 1 fully saturated rings. The van der Waals surface area contributed by atoms with Gasteiger partial charge in [-0.05, 0) is 19.8 Å². The van der Waals surface area contributed by atoms with Gasteiger partial charge in [-0.25, -0.2) is 0 Å². The van der Waals surface area contributed by atoms with Crippen LogP contribution in [0.3, 0.4) is 0 Å². The summed E-state index contributed by atoms with van der Waals surface area (Å²) in [6.07, 6.45) is 15.1. The Hall–Kier alpha value is -0.0800. The normalized spacial score (nSPS) is 25.2. The van der Waals surface area contributed by atoms with Gasteiger partial charge in [0.25, 0.3) is 0 Å². The summed E-state index contributed by atoms with van der Waals surface area (Å²) in [5.41, 5.74) is 3.23. The van der Waals surface area contributed by atoms with Crippen molar-refractivity contribution < 1.29 is 0 Å². The fourth-order valence-corrected chi connectivity index (χ4v) is 2.54. The average molecular weight is 212 g/mol.